The average molecular weight is 444 g/mol. The van der Waals surface area contributed by atoms with E-state index in [1.807, 2.05) is 30.6 Å². The maximum atomic E-state index is 11.9. The van der Waals surface area contributed by atoms with E-state index in [1.165, 1.54) is 12.4 Å². The van der Waals surface area contributed by atoms with Crippen LogP contribution in [0.4, 0.5) is 11.9 Å². The number of carbonyl (C=O) groups excluding carboxylic acids is 1. The summed E-state index contributed by atoms with van der Waals surface area (Å²) < 4.78 is 5.31. The second-order valence-corrected chi connectivity index (χ2v) is 8.53. The Morgan fingerprint density at radius 2 is 1.69 bits per heavy atom. The van der Waals surface area contributed by atoms with Gasteiger partial charge in [0.25, 0.3) is 0 Å². The van der Waals surface area contributed by atoms with Crippen molar-refractivity contribution in [2.45, 2.75) is 45.3 Å². The fourth-order valence-electron chi connectivity index (χ4n) is 3.32. The Kier molecular flexibility index (Phi) is 7.18. The van der Waals surface area contributed by atoms with Crippen LogP contribution in [-0.2, 0) is 16.0 Å². The summed E-state index contributed by atoms with van der Waals surface area (Å²) in [6.07, 6.45) is 6.65. The Morgan fingerprint density at radius 3 is 2.25 bits per heavy atom. The van der Waals surface area contributed by atoms with E-state index in [4.69, 9.17) is 9.84 Å². The van der Waals surface area contributed by atoms with Crippen molar-refractivity contribution in [2.75, 3.05) is 36.0 Å². The zero-order valence-corrected chi connectivity index (χ0v) is 18.4. The summed E-state index contributed by atoms with van der Waals surface area (Å²) in [4.78, 5) is 43.7. The van der Waals surface area contributed by atoms with E-state index in [1.54, 1.807) is 12.4 Å². The molecule has 32 heavy (non-hydrogen) atoms. The molecule has 0 amide bonds. The van der Waals surface area contributed by atoms with Crippen molar-refractivity contribution in [3.8, 4) is 0 Å². The number of carboxylic acids is 1. The van der Waals surface area contributed by atoms with E-state index in [2.05, 4.69) is 19.9 Å². The summed E-state index contributed by atoms with van der Waals surface area (Å²) in [7, 11) is 0. The quantitative estimate of drug-likeness (QED) is 0.589. The zero-order valence-electron chi connectivity index (χ0n) is 18.4. The summed E-state index contributed by atoms with van der Waals surface area (Å²) in [5.74, 6) is -0.452. The minimum absolute atomic E-state index is 0.00749. The van der Waals surface area contributed by atoms with E-state index < -0.39 is 11.6 Å². The number of aliphatic hydroxyl groups excluding tert-OH is 1. The second-order valence-electron chi connectivity index (χ2n) is 8.53. The number of aryl methyl sites for hydroxylation is 1. The van der Waals surface area contributed by atoms with Gasteiger partial charge in [0.1, 0.15) is 5.60 Å². The lowest BCUT2D eigenvalue weighted by atomic mass is 10.1. The highest BCUT2D eigenvalue weighted by molar-refractivity contribution is 5.86. The number of hydrogen-bond donors (Lipinski definition) is 2. The van der Waals surface area contributed by atoms with E-state index in [0.717, 1.165) is 5.56 Å². The Bertz CT molecular complexity index is 929. The number of rotatable bonds is 7. The zero-order chi connectivity index (χ0) is 23.3. The molecule has 0 saturated carbocycles. The molecule has 1 aliphatic rings. The van der Waals surface area contributed by atoms with Crippen LogP contribution in [0.5, 0.6) is 0 Å². The molecule has 0 bridgehead atoms. The second kappa shape index (κ2) is 9.86. The van der Waals surface area contributed by atoms with Crippen LogP contribution in [0.1, 0.15) is 43.1 Å². The van der Waals surface area contributed by atoms with Crippen molar-refractivity contribution >= 4 is 23.8 Å². The molecule has 2 aromatic heterocycles. The standard InChI is InChI=1S/C21H28N6O5/c1-21(2,3)32-17(29)5-4-14-8-22-19(23-9-14)26-6-7-27(16(12-26)13-28)20-24-10-15(11-25-20)18(30)31/h8-11,16,28H,4-7,12-13H2,1-3H3,(H,30,31)/t16-/m0/s1. The Hall–Kier alpha value is -3.34. The van der Waals surface area contributed by atoms with Crippen LogP contribution in [0.3, 0.4) is 0 Å². The molecule has 11 nitrogen and oxygen atoms in total. The molecule has 1 aliphatic heterocycles. The molecule has 0 aliphatic carbocycles. The minimum Gasteiger partial charge on any atom is -0.478 e. The topological polar surface area (TPSA) is 142 Å². The predicted molar refractivity (Wildman–Crippen MR) is 116 cm³/mol. The third-order valence-electron chi connectivity index (χ3n) is 4.85. The highest BCUT2D eigenvalue weighted by Gasteiger charge is 2.29. The van der Waals surface area contributed by atoms with Gasteiger partial charge in [0.2, 0.25) is 11.9 Å². The molecular weight excluding hydrogens is 416 g/mol. The number of aromatic carboxylic acids is 1. The summed E-state index contributed by atoms with van der Waals surface area (Å²) in [6, 6.07) is -0.296. The lowest BCUT2D eigenvalue weighted by Crippen LogP contribution is -2.56. The van der Waals surface area contributed by atoms with Gasteiger partial charge in [0.15, 0.2) is 0 Å². The van der Waals surface area contributed by atoms with E-state index in [0.29, 0.717) is 38.0 Å². The molecule has 2 aromatic rings. The molecule has 1 saturated heterocycles. The minimum atomic E-state index is -1.09. The van der Waals surface area contributed by atoms with Gasteiger partial charge in [0, 0.05) is 50.8 Å². The first-order valence-electron chi connectivity index (χ1n) is 10.4. The van der Waals surface area contributed by atoms with Crippen molar-refractivity contribution in [2.24, 2.45) is 0 Å². The number of ether oxygens (including phenoxy) is 1. The molecule has 3 heterocycles. The average Bonchev–Trinajstić information content (AvgIpc) is 2.76. The van der Waals surface area contributed by atoms with Gasteiger partial charge in [-0.05, 0) is 32.8 Å². The maximum absolute atomic E-state index is 11.9. The summed E-state index contributed by atoms with van der Waals surface area (Å²) in [5, 5.41) is 18.9. The Labute approximate surface area is 186 Å². The molecule has 1 fully saturated rings. The van der Waals surface area contributed by atoms with Crippen LogP contribution in [0.2, 0.25) is 0 Å². The largest absolute Gasteiger partial charge is 0.478 e. The third-order valence-corrected chi connectivity index (χ3v) is 4.85. The number of esters is 1. The van der Waals surface area contributed by atoms with Crippen LogP contribution in [0, 0.1) is 0 Å². The summed E-state index contributed by atoms with van der Waals surface area (Å²) >= 11 is 0. The van der Waals surface area contributed by atoms with Crippen molar-refractivity contribution in [3.63, 3.8) is 0 Å². The lowest BCUT2D eigenvalue weighted by Gasteiger charge is -2.40. The number of hydrogen-bond acceptors (Lipinski definition) is 10. The van der Waals surface area contributed by atoms with Gasteiger partial charge in [-0.15, -0.1) is 0 Å². The van der Waals surface area contributed by atoms with Crippen LogP contribution < -0.4 is 9.80 Å². The fraction of sp³-hybridized carbons (Fsp3) is 0.524. The van der Waals surface area contributed by atoms with Crippen molar-refractivity contribution < 1.29 is 24.5 Å². The predicted octanol–water partition coefficient (Wildman–Crippen LogP) is 0.927. The molecule has 1 atom stereocenters. The van der Waals surface area contributed by atoms with Gasteiger partial charge in [-0.2, -0.15) is 0 Å². The SMILES string of the molecule is CC(C)(C)OC(=O)CCc1cnc(N2CCN(c3ncc(C(=O)O)cn3)[C@H](CO)C2)nc1. The number of carboxylic acid groups (broad SMARTS) is 1. The molecule has 3 rings (SSSR count). The molecular formula is C21H28N6O5. The normalized spacial score (nSPS) is 16.7. The van der Waals surface area contributed by atoms with Crippen LogP contribution in [0.25, 0.3) is 0 Å². The van der Waals surface area contributed by atoms with E-state index >= 15 is 0 Å². The van der Waals surface area contributed by atoms with Crippen molar-refractivity contribution in [1.29, 1.82) is 0 Å². The smallest absolute Gasteiger partial charge is 0.338 e. The van der Waals surface area contributed by atoms with Gasteiger partial charge in [0.05, 0.1) is 18.2 Å². The molecule has 0 unspecified atom stereocenters. The number of aliphatic hydroxyl groups is 1. The molecule has 0 spiro atoms. The number of piperazine rings is 1. The third kappa shape index (κ3) is 6.10. The highest BCUT2D eigenvalue weighted by atomic mass is 16.6. The van der Waals surface area contributed by atoms with Gasteiger partial charge in [-0.3, -0.25) is 4.79 Å². The van der Waals surface area contributed by atoms with Crippen molar-refractivity contribution in [3.05, 3.63) is 35.9 Å². The monoisotopic (exact) mass is 444 g/mol. The summed E-state index contributed by atoms with van der Waals surface area (Å²) in [5.41, 5.74) is 0.337. The first-order valence-corrected chi connectivity index (χ1v) is 10.4. The van der Waals surface area contributed by atoms with Gasteiger partial charge >= 0.3 is 11.9 Å². The van der Waals surface area contributed by atoms with Gasteiger partial charge in [-0.25, -0.2) is 24.7 Å². The van der Waals surface area contributed by atoms with E-state index in [-0.39, 0.29) is 30.6 Å². The van der Waals surface area contributed by atoms with E-state index in [9.17, 15) is 14.7 Å². The fourth-order valence-corrected chi connectivity index (χ4v) is 3.32. The van der Waals surface area contributed by atoms with Crippen LogP contribution in [-0.4, -0.2) is 80.0 Å². The van der Waals surface area contributed by atoms with Crippen LogP contribution >= 0.6 is 0 Å². The lowest BCUT2D eigenvalue weighted by molar-refractivity contribution is -0.154. The molecule has 11 heteroatoms. The summed E-state index contributed by atoms with van der Waals surface area (Å²) in [6.45, 7) is 6.92. The number of aromatic nitrogens is 4. The molecule has 172 valence electrons. The number of anilines is 2. The van der Waals surface area contributed by atoms with Gasteiger partial charge < -0.3 is 24.7 Å². The number of nitrogens with zero attached hydrogens (tertiary/aromatic N) is 6. The van der Waals surface area contributed by atoms with Crippen molar-refractivity contribution in [1.82, 2.24) is 19.9 Å². The molecule has 2 N–H and O–H groups in total. The Morgan fingerprint density at radius 1 is 1.06 bits per heavy atom. The Balaban J connectivity index is 1.59. The number of carbonyl (C=O) groups is 2. The molecule has 0 radical (unpaired) electrons. The maximum Gasteiger partial charge on any atom is 0.338 e. The van der Waals surface area contributed by atoms with Gasteiger partial charge in [-0.1, -0.05) is 0 Å². The first kappa shape index (κ1) is 23.3. The first-order chi connectivity index (χ1) is 15.2. The van der Waals surface area contributed by atoms with Crippen LogP contribution in [0.15, 0.2) is 24.8 Å². The highest BCUT2D eigenvalue weighted by Crippen LogP contribution is 2.20. The molecule has 0 aromatic carbocycles.